The predicted octanol–water partition coefficient (Wildman–Crippen LogP) is 2.37. The number of hydrogen-bond acceptors (Lipinski definition) is 3. The standard InChI is InChI=1S/C13H21NO3/c1-12(2,3)17-11(16)14-9-13(6-7-13)5-4-10(14)8-15/h8,10H,4-7,9H2,1-3H3. The van der Waals surface area contributed by atoms with Gasteiger partial charge in [-0.3, -0.25) is 4.90 Å². The van der Waals surface area contributed by atoms with Gasteiger partial charge in [-0.25, -0.2) is 4.79 Å². The molecule has 4 heteroatoms. The zero-order valence-electron chi connectivity index (χ0n) is 10.9. The molecule has 2 rings (SSSR count). The number of carbonyl (C=O) groups excluding carboxylic acids is 2. The van der Waals surface area contributed by atoms with Crippen molar-refractivity contribution in [2.45, 2.75) is 58.1 Å². The van der Waals surface area contributed by atoms with E-state index in [1.54, 1.807) is 4.90 Å². The van der Waals surface area contributed by atoms with Crippen LogP contribution in [0.25, 0.3) is 0 Å². The first-order chi connectivity index (χ1) is 7.85. The van der Waals surface area contributed by atoms with E-state index in [9.17, 15) is 9.59 Å². The summed E-state index contributed by atoms with van der Waals surface area (Å²) >= 11 is 0. The van der Waals surface area contributed by atoms with E-state index in [2.05, 4.69) is 0 Å². The van der Waals surface area contributed by atoms with E-state index in [-0.39, 0.29) is 12.1 Å². The van der Waals surface area contributed by atoms with Gasteiger partial charge in [-0.15, -0.1) is 0 Å². The van der Waals surface area contributed by atoms with Gasteiger partial charge in [-0.1, -0.05) is 0 Å². The average Bonchev–Trinajstić information content (AvgIpc) is 2.95. The van der Waals surface area contributed by atoms with Crippen molar-refractivity contribution in [2.75, 3.05) is 6.54 Å². The molecule has 1 saturated heterocycles. The smallest absolute Gasteiger partial charge is 0.410 e. The van der Waals surface area contributed by atoms with Crippen LogP contribution >= 0.6 is 0 Å². The topological polar surface area (TPSA) is 46.6 Å². The highest BCUT2D eigenvalue weighted by Crippen LogP contribution is 2.53. The van der Waals surface area contributed by atoms with Gasteiger partial charge in [0.05, 0.1) is 6.04 Å². The molecule has 1 aliphatic carbocycles. The largest absolute Gasteiger partial charge is 0.444 e. The molecule has 1 atom stereocenters. The predicted molar refractivity (Wildman–Crippen MR) is 63.7 cm³/mol. The Labute approximate surface area is 102 Å². The second kappa shape index (κ2) is 4.00. The fraction of sp³-hybridized carbons (Fsp3) is 0.846. The van der Waals surface area contributed by atoms with E-state index in [0.29, 0.717) is 12.0 Å². The Morgan fingerprint density at radius 2 is 2.00 bits per heavy atom. The number of piperidine rings is 1. The van der Waals surface area contributed by atoms with Crippen molar-refractivity contribution in [1.29, 1.82) is 0 Å². The van der Waals surface area contributed by atoms with Gasteiger partial charge in [0.15, 0.2) is 0 Å². The van der Waals surface area contributed by atoms with Crippen LogP contribution in [-0.2, 0) is 9.53 Å². The first-order valence-electron chi connectivity index (χ1n) is 6.30. The van der Waals surface area contributed by atoms with Gasteiger partial charge in [-0.2, -0.15) is 0 Å². The fourth-order valence-corrected chi connectivity index (χ4v) is 2.41. The molecule has 2 aliphatic rings. The molecule has 0 radical (unpaired) electrons. The van der Waals surface area contributed by atoms with Gasteiger partial charge >= 0.3 is 6.09 Å². The van der Waals surface area contributed by atoms with Crippen LogP contribution in [0.1, 0.15) is 46.5 Å². The summed E-state index contributed by atoms with van der Waals surface area (Å²) in [4.78, 5) is 24.7. The van der Waals surface area contributed by atoms with Crippen LogP contribution in [0.4, 0.5) is 4.79 Å². The number of aldehydes is 1. The molecule has 1 saturated carbocycles. The molecule has 0 bridgehead atoms. The number of carbonyl (C=O) groups is 2. The lowest BCUT2D eigenvalue weighted by Gasteiger charge is -2.38. The molecule has 0 N–H and O–H groups in total. The van der Waals surface area contributed by atoms with Crippen LogP contribution in [0.2, 0.25) is 0 Å². The summed E-state index contributed by atoms with van der Waals surface area (Å²) in [6.45, 7) is 6.22. The minimum atomic E-state index is -0.501. The summed E-state index contributed by atoms with van der Waals surface area (Å²) in [7, 11) is 0. The van der Waals surface area contributed by atoms with E-state index in [0.717, 1.165) is 19.1 Å². The summed E-state index contributed by atoms with van der Waals surface area (Å²) in [6.07, 6.45) is 4.73. The summed E-state index contributed by atoms with van der Waals surface area (Å²) < 4.78 is 5.36. The van der Waals surface area contributed by atoms with E-state index in [4.69, 9.17) is 4.74 Å². The Morgan fingerprint density at radius 3 is 2.47 bits per heavy atom. The Morgan fingerprint density at radius 1 is 1.35 bits per heavy atom. The van der Waals surface area contributed by atoms with Crippen LogP contribution in [-0.4, -0.2) is 35.5 Å². The lowest BCUT2D eigenvalue weighted by Crippen LogP contribution is -2.50. The molecular formula is C13H21NO3. The maximum atomic E-state index is 12.0. The highest BCUT2D eigenvalue weighted by atomic mass is 16.6. The van der Waals surface area contributed by atoms with Crippen molar-refractivity contribution >= 4 is 12.4 Å². The SMILES string of the molecule is CC(C)(C)OC(=O)N1CC2(CCC1C=O)CC2. The molecule has 4 nitrogen and oxygen atoms in total. The highest BCUT2D eigenvalue weighted by molar-refractivity contribution is 5.74. The van der Waals surface area contributed by atoms with Crippen LogP contribution in [0, 0.1) is 5.41 Å². The van der Waals surface area contributed by atoms with Gasteiger partial charge < -0.3 is 9.53 Å². The molecule has 1 heterocycles. The lowest BCUT2D eigenvalue weighted by atomic mass is 9.91. The third kappa shape index (κ3) is 2.79. The monoisotopic (exact) mass is 239 g/mol. The fourth-order valence-electron chi connectivity index (χ4n) is 2.41. The van der Waals surface area contributed by atoms with Crippen LogP contribution in [0.15, 0.2) is 0 Å². The Kier molecular flexibility index (Phi) is 2.92. The molecule has 0 aromatic carbocycles. The van der Waals surface area contributed by atoms with Gasteiger partial charge in [0.2, 0.25) is 0 Å². The Bertz CT molecular complexity index is 328. The van der Waals surface area contributed by atoms with Crippen molar-refractivity contribution in [3.63, 3.8) is 0 Å². The van der Waals surface area contributed by atoms with Crippen molar-refractivity contribution in [3.8, 4) is 0 Å². The lowest BCUT2D eigenvalue weighted by molar-refractivity contribution is -0.114. The zero-order chi connectivity index (χ0) is 12.7. The zero-order valence-corrected chi connectivity index (χ0v) is 10.9. The van der Waals surface area contributed by atoms with E-state index in [1.165, 1.54) is 12.8 Å². The first-order valence-corrected chi connectivity index (χ1v) is 6.30. The maximum absolute atomic E-state index is 12.0. The minimum Gasteiger partial charge on any atom is -0.444 e. The number of hydrogen-bond donors (Lipinski definition) is 0. The molecule has 1 aliphatic heterocycles. The van der Waals surface area contributed by atoms with Gasteiger partial charge in [0.1, 0.15) is 11.9 Å². The second-order valence-corrected chi connectivity index (χ2v) is 6.35. The molecule has 17 heavy (non-hydrogen) atoms. The summed E-state index contributed by atoms with van der Waals surface area (Å²) in [6, 6.07) is -0.295. The second-order valence-electron chi connectivity index (χ2n) is 6.35. The molecule has 0 aromatic rings. The van der Waals surface area contributed by atoms with Gasteiger partial charge in [-0.05, 0) is 51.9 Å². The van der Waals surface area contributed by atoms with Crippen molar-refractivity contribution in [1.82, 2.24) is 4.90 Å². The Hall–Kier alpha value is -1.06. The van der Waals surface area contributed by atoms with E-state index >= 15 is 0 Å². The number of ether oxygens (including phenoxy) is 1. The molecule has 1 spiro atoms. The number of likely N-dealkylation sites (tertiary alicyclic amines) is 1. The maximum Gasteiger partial charge on any atom is 0.410 e. The first kappa shape index (κ1) is 12.4. The number of amides is 1. The normalized spacial score (nSPS) is 26.8. The van der Waals surface area contributed by atoms with Crippen LogP contribution in [0.5, 0.6) is 0 Å². The van der Waals surface area contributed by atoms with Crippen LogP contribution < -0.4 is 0 Å². The summed E-state index contributed by atoms with van der Waals surface area (Å²) in [5.74, 6) is 0. The van der Waals surface area contributed by atoms with Crippen LogP contribution in [0.3, 0.4) is 0 Å². The molecule has 96 valence electrons. The average molecular weight is 239 g/mol. The number of rotatable bonds is 1. The molecule has 0 aromatic heterocycles. The van der Waals surface area contributed by atoms with E-state index in [1.807, 2.05) is 20.8 Å². The van der Waals surface area contributed by atoms with Gasteiger partial charge in [0.25, 0.3) is 0 Å². The van der Waals surface area contributed by atoms with Crippen molar-refractivity contribution < 1.29 is 14.3 Å². The molecule has 2 fully saturated rings. The van der Waals surface area contributed by atoms with E-state index < -0.39 is 5.60 Å². The summed E-state index contributed by atoms with van der Waals surface area (Å²) in [5, 5.41) is 0. The third-order valence-corrected chi connectivity index (χ3v) is 3.62. The molecular weight excluding hydrogens is 218 g/mol. The third-order valence-electron chi connectivity index (χ3n) is 3.62. The molecule has 1 amide bonds. The number of nitrogens with zero attached hydrogens (tertiary/aromatic N) is 1. The quantitative estimate of drug-likeness (QED) is 0.660. The van der Waals surface area contributed by atoms with Gasteiger partial charge in [0, 0.05) is 6.54 Å². The summed E-state index contributed by atoms with van der Waals surface area (Å²) in [5.41, 5.74) is -0.199. The molecule has 1 unspecified atom stereocenters. The highest BCUT2D eigenvalue weighted by Gasteiger charge is 2.49. The van der Waals surface area contributed by atoms with Crippen molar-refractivity contribution in [2.24, 2.45) is 5.41 Å². The minimum absolute atomic E-state index is 0.295. The Balaban J connectivity index is 2.04. The van der Waals surface area contributed by atoms with Crippen molar-refractivity contribution in [3.05, 3.63) is 0 Å².